The smallest absolute Gasteiger partial charge is 0.326 e. The third-order valence-corrected chi connectivity index (χ3v) is 1.97. The second-order valence-corrected chi connectivity index (χ2v) is 3.15. The Balaban J connectivity index is 1.98. The molecule has 0 saturated heterocycles. The van der Waals surface area contributed by atoms with Gasteiger partial charge in [-0.15, -0.1) is 0 Å². The number of urea groups is 1. The minimum atomic E-state index is -0.407. The number of hydrogen-bond donors (Lipinski definition) is 3. The van der Waals surface area contributed by atoms with Gasteiger partial charge in [0.1, 0.15) is 12.1 Å². The summed E-state index contributed by atoms with van der Waals surface area (Å²) < 4.78 is 5.04. The summed E-state index contributed by atoms with van der Waals surface area (Å²) in [4.78, 5) is 15.3. The molecule has 0 radical (unpaired) electrons. The summed E-state index contributed by atoms with van der Waals surface area (Å²) in [5.41, 5.74) is 0.626. The van der Waals surface area contributed by atoms with Gasteiger partial charge in [-0.25, -0.2) is 9.89 Å². The first-order valence-corrected chi connectivity index (χ1v) is 4.85. The van der Waals surface area contributed by atoms with E-state index in [0.29, 0.717) is 11.4 Å². The molecule has 2 amide bonds. The molecule has 0 aliphatic rings. The standard InChI is InChI=1S/C10H11N5O2/c1-17-8-4-2-3-7(5-8)13-10(16)14-9-11-6-12-15-9/h2-6H,1H3,(H3,11,12,13,14,15,16). The third-order valence-electron chi connectivity index (χ3n) is 1.97. The van der Waals surface area contributed by atoms with Crippen molar-refractivity contribution >= 4 is 17.7 Å². The Morgan fingerprint density at radius 2 is 2.29 bits per heavy atom. The lowest BCUT2D eigenvalue weighted by Gasteiger charge is -2.06. The quantitative estimate of drug-likeness (QED) is 0.748. The van der Waals surface area contributed by atoms with Crippen LogP contribution in [0.25, 0.3) is 0 Å². The van der Waals surface area contributed by atoms with Crippen LogP contribution < -0.4 is 15.4 Å². The van der Waals surface area contributed by atoms with Gasteiger partial charge in [0.15, 0.2) is 0 Å². The highest BCUT2D eigenvalue weighted by Gasteiger charge is 2.04. The predicted octanol–water partition coefficient (Wildman–Crippen LogP) is 1.46. The van der Waals surface area contributed by atoms with E-state index in [9.17, 15) is 4.79 Å². The van der Waals surface area contributed by atoms with Crippen molar-refractivity contribution in [1.82, 2.24) is 15.2 Å². The highest BCUT2D eigenvalue weighted by atomic mass is 16.5. The molecule has 0 aliphatic carbocycles. The van der Waals surface area contributed by atoms with Crippen molar-refractivity contribution < 1.29 is 9.53 Å². The van der Waals surface area contributed by atoms with E-state index in [-0.39, 0.29) is 5.95 Å². The van der Waals surface area contributed by atoms with Crippen molar-refractivity contribution in [3.63, 3.8) is 0 Å². The van der Waals surface area contributed by atoms with Crippen molar-refractivity contribution in [2.45, 2.75) is 0 Å². The normalized spacial score (nSPS) is 9.71. The summed E-state index contributed by atoms with van der Waals surface area (Å²) in [7, 11) is 1.56. The predicted molar refractivity (Wildman–Crippen MR) is 62.0 cm³/mol. The summed E-state index contributed by atoms with van der Waals surface area (Å²) in [6.45, 7) is 0. The van der Waals surface area contributed by atoms with Crippen LogP contribution in [-0.4, -0.2) is 28.3 Å². The molecule has 0 bridgehead atoms. The molecular formula is C10H11N5O2. The zero-order valence-corrected chi connectivity index (χ0v) is 9.10. The maximum atomic E-state index is 11.5. The maximum absolute atomic E-state index is 11.5. The fraction of sp³-hybridized carbons (Fsp3) is 0.100. The molecule has 2 rings (SSSR count). The molecule has 1 aromatic carbocycles. The highest BCUT2D eigenvalue weighted by molar-refractivity contribution is 5.98. The molecule has 7 nitrogen and oxygen atoms in total. The van der Waals surface area contributed by atoms with Gasteiger partial charge < -0.3 is 10.1 Å². The van der Waals surface area contributed by atoms with Crippen LogP contribution in [-0.2, 0) is 0 Å². The Morgan fingerprint density at radius 1 is 1.41 bits per heavy atom. The molecule has 0 saturated carbocycles. The molecule has 2 aromatic rings. The van der Waals surface area contributed by atoms with Crippen LogP contribution in [0, 0.1) is 0 Å². The first-order chi connectivity index (χ1) is 8.28. The number of H-pyrrole nitrogens is 1. The average molecular weight is 233 g/mol. The van der Waals surface area contributed by atoms with Crippen molar-refractivity contribution in [3.05, 3.63) is 30.6 Å². The van der Waals surface area contributed by atoms with Crippen LogP contribution in [0.15, 0.2) is 30.6 Å². The molecule has 0 aliphatic heterocycles. The van der Waals surface area contributed by atoms with Crippen LogP contribution in [0.1, 0.15) is 0 Å². The van der Waals surface area contributed by atoms with E-state index < -0.39 is 6.03 Å². The van der Waals surface area contributed by atoms with E-state index in [0.717, 1.165) is 0 Å². The number of carbonyl (C=O) groups is 1. The van der Waals surface area contributed by atoms with Crippen LogP contribution in [0.5, 0.6) is 5.75 Å². The molecule has 0 fully saturated rings. The monoisotopic (exact) mass is 233 g/mol. The number of anilines is 2. The minimum absolute atomic E-state index is 0.283. The van der Waals surface area contributed by atoms with Gasteiger partial charge in [-0.3, -0.25) is 5.32 Å². The Kier molecular flexibility index (Phi) is 3.20. The second kappa shape index (κ2) is 4.97. The fourth-order valence-corrected chi connectivity index (χ4v) is 1.24. The van der Waals surface area contributed by atoms with Crippen LogP contribution in [0.4, 0.5) is 16.4 Å². The van der Waals surface area contributed by atoms with Crippen molar-refractivity contribution in [3.8, 4) is 5.75 Å². The highest BCUT2D eigenvalue weighted by Crippen LogP contribution is 2.16. The van der Waals surface area contributed by atoms with Gasteiger partial charge in [-0.05, 0) is 12.1 Å². The van der Waals surface area contributed by atoms with Gasteiger partial charge in [0.2, 0.25) is 5.95 Å². The lowest BCUT2D eigenvalue weighted by molar-refractivity contribution is 0.262. The summed E-state index contributed by atoms with van der Waals surface area (Å²) in [5.74, 6) is 0.952. The van der Waals surface area contributed by atoms with E-state index in [2.05, 4.69) is 25.8 Å². The van der Waals surface area contributed by atoms with Crippen molar-refractivity contribution in [2.24, 2.45) is 0 Å². The number of aromatic amines is 1. The number of nitrogens with zero attached hydrogens (tertiary/aromatic N) is 2. The van der Waals surface area contributed by atoms with Crippen molar-refractivity contribution in [2.75, 3.05) is 17.7 Å². The molecule has 7 heteroatoms. The van der Waals surface area contributed by atoms with Gasteiger partial charge in [-0.1, -0.05) is 6.07 Å². The van der Waals surface area contributed by atoms with Gasteiger partial charge in [0.05, 0.1) is 7.11 Å². The summed E-state index contributed by atoms with van der Waals surface area (Å²) in [5, 5.41) is 11.3. The molecule has 3 N–H and O–H groups in total. The van der Waals surface area contributed by atoms with Crippen LogP contribution >= 0.6 is 0 Å². The largest absolute Gasteiger partial charge is 0.497 e. The number of methoxy groups -OCH3 is 1. The van der Waals surface area contributed by atoms with E-state index >= 15 is 0 Å². The first kappa shape index (κ1) is 10.9. The average Bonchev–Trinajstić information content (AvgIpc) is 2.82. The van der Waals surface area contributed by atoms with Gasteiger partial charge >= 0.3 is 6.03 Å². The number of aromatic nitrogens is 3. The maximum Gasteiger partial charge on any atom is 0.326 e. The SMILES string of the molecule is COc1cccc(NC(=O)Nc2ncn[nH]2)c1. The molecular weight excluding hydrogens is 222 g/mol. The Bertz CT molecular complexity index is 497. The number of hydrogen-bond acceptors (Lipinski definition) is 4. The zero-order valence-electron chi connectivity index (χ0n) is 9.10. The lowest BCUT2D eigenvalue weighted by atomic mass is 10.3. The molecule has 0 atom stereocenters. The Hall–Kier alpha value is -2.57. The number of carbonyl (C=O) groups excluding carboxylic acids is 1. The number of benzene rings is 1. The Labute approximate surface area is 97.2 Å². The third kappa shape index (κ3) is 2.94. The fourth-order valence-electron chi connectivity index (χ4n) is 1.24. The minimum Gasteiger partial charge on any atom is -0.497 e. The molecule has 88 valence electrons. The van der Waals surface area contributed by atoms with E-state index in [1.807, 2.05) is 0 Å². The van der Waals surface area contributed by atoms with E-state index in [4.69, 9.17) is 4.74 Å². The molecule has 17 heavy (non-hydrogen) atoms. The molecule has 0 spiro atoms. The number of nitrogens with one attached hydrogen (secondary N) is 3. The topological polar surface area (TPSA) is 91.9 Å². The molecule has 1 heterocycles. The lowest BCUT2D eigenvalue weighted by Crippen LogP contribution is -2.20. The van der Waals surface area contributed by atoms with Crippen molar-refractivity contribution in [1.29, 1.82) is 0 Å². The summed E-state index contributed by atoms with van der Waals surface area (Å²) in [6, 6.07) is 6.63. The first-order valence-electron chi connectivity index (χ1n) is 4.85. The van der Waals surface area contributed by atoms with E-state index in [1.54, 1.807) is 31.4 Å². The van der Waals surface area contributed by atoms with Crippen LogP contribution in [0.2, 0.25) is 0 Å². The van der Waals surface area contributed by atoms with Gasteiger partial charge in [0, 0.05) is 11.8 Å². The summed E-state index contributed by atoms with van der Waals surface area (Å²) in [6.07, 6.45) is 1.31. The van der Waals surface area contributed by atoms with Crippen LogP contribution in [0.3, 0.4) is 0 Å². The molecule has 0 unspecified atom stereocenters. The van der Waals surface area contributed by atoms with Gasteiger partial charge in [-0.2, -0.15) is 10.1 Å². The molecule has 1 aromatic heterocycles. The summed E-state index contributed by atoms with van der Waals surface area (Å²) >= 11 is 0. The van der Waals surface area contributed by atoms with E-state index in [1.165, 1.54) is 6.33 Å². The second-order valence-electron chi connectivity index (χ2n) is 3.15. The number of rotatable bonds is 3. The number of ether oxygens (including phenoxy) is 1. The Morgan fingerprint density at radius 3 is 3.00 bits per heavy atom. The van der Waals surface area contributed by atoms with Gasteiger partial charge in [0.25, 0.3) is 0 Å². The number of amides is 2. The zero-order chi connectivity index (χ0) is 12.1.